The van der Waals surface area contributed by atoms with E-state index in [0.717, 1.165) is 16.9 Å². The van der Waals surface area contributed by atoms with Crippen LogP contribution in [-0.4, -0.2) is 39.2 Å². The summed E-state index contributed by atoms with van der Waals surface area (Å²) in [6.45, 7) is 0.471. The van der Waals surface area contributed by atoms with Crippen molar-refractivity contribution in [3.05, 3.63) is 59.7 Å². The van der Waals surface area contributed by atoms with Crippen molar-refractivity contribution in [2.75, 3.05) is 28.4 Å². The highest BCUT2D eigenvalue weighted by Gasteiger charge is 2.09. The van der Waals surface area contributed by atoms with Crippen LogP contribution < -0.4 is 14.2 Å². The van der Waals surface area contributed by atoms with Crippen LogP contribution in [0.4, 0.5) is 0 Å². The molecule has 2 rings (SSSR count). The summed E-state index contributed by atoms with van der Waals surface area (Å²) in [6, 6.07) is 13.2. The number of carbonyl (C=O) groups excluding carboxylic acids is 1. The number of amides is 1. The first-order valence-corrected chi connectivity index (χ1v) is 7.86. The second-order valence-electron chi connectivity index (χ2n) is 5.45. The highest BCUT2D eigenvalue weighted by molar-refractivity contribution is 5.91. The quantitative estimate of drug-likeness (QED) is 0.725. The van der Waals surface area contributed by atoms with Gasteiger partial charge in [0.1, 0.15) is 5.75 Å². The predicted molar refractivity (Wildman–Crippen MR) is 98.0 cm³/mol. The van der Waals surface area contributed by atoms with Gasteiger partial charge in [-0.2, -0.15) is 0 Å². The normalized spacial score (nSPS) is 10.6. The van der Waals surface area contributed by atoms with Crippen LogP contribution in [0.15, 0.2) is 48.5 Å². The zero-order valence-electron chi connectivity index (χ0n) is 15.0. The Morgan fingerprint density at radius 2 is 1.64 bits per heavy atom. The molecule has 0 N–H and O–H groups in total. The number of benzene rings is 2. The molecule has 0 saturated heterocycles. The van der Waals surface area contributed by atoms with E-state index in [2.05, 4.69) is 0 Å². The van der Waals surface area contributed by atoms with Crippen LogP contribution in [0.1, 0.15) is 11.1 Å². The van der Waals surface area contributed by atoms with Crippen LogP contribution in [0.2, 0.25) is 0 Å². The van der Waals surface area contributed by atoms with Crippen LogP contribution in [0.25, 0.3) is 6.08 Å². The van der Waals surface area contributed by atoms with E-state index in [4.69, 9.17) is 14.2 Å². The number of methoxy groups -OCH3 is 3. The van der Waals surface area contributed by atoms with Gasteiger partial charge in [-0.1, -0.05) is 24.3 Å². The Morgan fingerprint density at radius 3 is 2.32 bits per heavy atom. The zero-order chi connectivity index (χ0) is 18.2. The van der Waals surface area contributed by atoms with Gasteiger partial charge in [0.25, 0.3) is 0 Å². The van der Waals surface area contributed by atoms with Crippen LogP contribution in [0.3, 0.4) is 0 Å². The van der Waals surface area contributed by atoms with E-state index in [1.165, 1.54) is 6.08 Å². The molecule has 25 heavy (non-hydrogen) atoms. The van der Waals surface area contributed by atoms with Gasteiger partial charge in [-0.15, -0.1) is 0 Å². The van der Waals surface area contributed by atoms with E-state index in [9.17, 15) is 4.79 Å². The van der Waals surface area contributed by atoms with Crippen molar-refractivity contribution in [2.45, 2.75) is 6.54 Å². The van der Waals surface area contributed by atoms with Crippen molar-refractivity contribution in [3.63, 3.8) is 0 Å². The third-order valence-electron chi connectivity index (χ3n) is 3.80. The van der Waals surface area contributed by atoms with Crippen molar-refractivity contribution in [1.82, 2.24) is 4.90 Å². The fraction of sp³-hybridized carbons (Fsp3) is 0.250. The molecule has 132 valence electrons. The van der Waals surface area contributed by atoms with E-state index in [0.29, 0.717) is 18.0 Å². The minimum absolute atomic E-state index is 0.0966. The first-order valence-electron chi connectivity index (χ1n) is 7.86. The van der Waals surface area contributed by atoms with Crippen molar-refractivity contribution in [2.24, 2.45) is 0 Å². The third kappa shape index (κ3) is 4.76. The monoisotopic (exact) mass is 341 g/mol. The third-order valence-corrected chi connectivity index (χ3v) is 3.80. The lowest BCUT2D eigenvalue weighted by Crippen LogP contribution is -2.24. The number of nitrogens with zero attached hydrogens (tertiary/aromatic N) is 1. The smallest absolute Gasteiger partial charge is 0.246 e. The number of carbonyl (C=O) groups is 1. The average Bonchev–Trinajstić information content (AvgIpc) is 2.66. The highest BCUT2D eigenvalue weighted by atomic mass is 16.5. The van der Waals surface area contributed by atoms with Crippen molar-refractivity contribution < 1.29 is 19.0 Å². The number of hydrogen-bond acceptors (Lipinski definition) is 4. The second kappa shape index (κ2) is 8.78. The molecular formula is C20H23NO4. The Balaban J connectivity index is 2.06. The molecule has 0 aromatic heterocycles. The van der Waals surface area contributed by atoms with Gasteiger partial charge in [-0.3, -0.25) is 4.79 Å². The maximum atomic E-state index is 12.3. The molecule has 0 atom stereocenters. The lowest BCUT2D eigenvalue weighted by atomic mass is 10.1. The molecule has 0 aliphatic rings. The van der Waals surface area contributed by atoms with E-state index in [1.807, 2.05) is 42.5 Å². The van der Waals surface area contributed by atoms with Gasteiger partial charge in [0.15, 0.2) is 11.5 Å². The summed E-state index contributed by atoms with van der Waals surface area (Å²) in [5.41, 5.74) is 1.82. The highest BCUT2D eigenvalue weighted by Crippen LogP contribution is 2.28. The van der Waals surface area contributed by atoms with Gasteiger partial charge in [-0.05, 0) is 29.8 Å². The molecule has 0 spiro atoms. The molecule has 2 aromatic carbocycles. The molecule has 0 heterocycles. The lowest BCUT2D eigenvalue weighted by molar-refractivity contribution is -0.125. The molecule has 2 aromatic rings. The van der Waals surface area contributed by atoms with Gasteiger partial charge in [0, 0.05) is 25.2 Å². The molecule has 1 amide bonds. The first kappa shape index (κ1) is 18.4. The van der Waals surface area contributed by atoms with Crippen LogP contribution in [-0.2, 0) is 11.3 Å². The maximum absolute atomic E-state index is 12.3. The number of para-hydroxylation sites is 1. The Hall–Kier alpha value is -2.95. The standard InChI is InChI=1S/C20H23NO4/c1-21(14-16-7-5-6-8-17(16)23-2)20(22)12-10-15-9-11-18(24-3)19(13-15)25-4/h5-13H,14H2,1-4H3/b12-10+. The largest absolute Gasteiger partial charge is 0.496 e. The topological polar surface area (TPSA) is 48.0 Å². The van der Waals surface area contributed by atoms with Gasteiger partial charge >= 0.3 is 0 Å². The Morgan fingerprint density at radius 1 is 0.960 bits per heavy atom. The van der Waals surface area contributed by atoms with Crippen LogP contribution >= 0.6 is 0 Å². The van der Waals surface area contributed by atoms with E-state index in [-0.39, 0.29) is 5.91 Å². The number of hydrogen-bond donors (Lipinski definition) is 0. The van der Waals surface area contributed by atoms with Crippen molar-refractivity contribution >= 4 is 12.0 Å². The molecule has 0 fully saturated rings. The van der Waals surface area contributed by atoms with Crippen LogP contribution in [0, 0.1) is 0 Å². The predicted octanol–water partition coefficient (Wildman–Crippen LogP) is 3.38. The number of rotatable bonds is 7. The molecule has 0 aliphatic carbocycles. The van der Waals surface area contributed by atoms with Crippen LogP contribution in [0.5, 0.6) is 17.2 Å². The molecule has 0 unspecified atom stereocenters. The Bertz CT molecular complexity index is 755. The number of likely N-dealkylation sites (N-methyl/N-ethyl adjacent to an activating group) is 1. The second-order valence-corrected chi connectivity index (χ2v) is 5.45. The Kier molecular flexibility index (Phi) is 6.46. The minimum Gasteiger partial charge on any atom is -0.496 e. The summed E-state index contributed by atoms with van der Waals surface area (Å²) in [7, 11) is 6.55. The van der Waals surface area contributed by atoms with E-state index >= 15 is 0 Å². The van der Waals surface area contributed by atoms with Gasteiger partial charge in [0.2, 0.25) is 5.91 Å². The summed E-state index contributed by atoms with van der Waals surface area (Å²) in [4.78, 5) is 14.0. The molecule has 5 nitrogen and oxygen atoms in total. The average molecular weight is 341 g/mol. The molecule has 0 aliphatic heterocycles. The minimum atomic E-state index is -0.0966. The zero-order valence-corrected chi connectivity index (χ0v) is 15.0. The lowest BCUT2D eigenvalue weighted by Gasteiger charge is -2.17. The summed E-state index contributed by atoms with van der Waals surface area (Å²) in [6.07, 6.45) is 3.29. The molecule has 0 radical (unpaired) electrons. The SMILES string of the molecule is COc1ccccc1CN(C)C(=O)/C=C/c1ccc(OC)c(OC)c1. The van der Waals surface area contributed by atoms with Crippen molar-refractivity contribution in [3.8, 4) is 17.2 Å². The summed E-state index contributed by atoms with van der Waals surface area (Å²) >= 11 is 0. The first-order chi connectivity index (χ1) is 12.1. The fourth-order valence-corrected chi connectivity index (χ4v) is 2.42. The molecule has 0 saturated carbocycles. The van der Waals surface area contributed by atoms with Gasteiger partial charge in [-0.25, -0.2) is 0 Å². The van der Waals surface area contributed by atoms with E-state index in [1.54, 1.807) is 39.4 Å². The van der Waals surface area contributed by atoms with Crippen molar-refractivity contribution in [1.29, 1.82) is 0 Å². The molecule has 5 heteroatoms. The maximum Gasteiger partial charge on any atom is 0.246 e. The van der Waals surface area contributed by atoms with Gasteiger partial charge in [0.05, 0.1) is 21.3 Å². The van der Waals surface area contributed by atoms with Gasteiger partial charge < -0.3 is 19.1 Å². The Labute approximate surface area is 148 Å². The molecular weight excluding hydrogens is 318 g/mol. The van der Waals surface area contributed by atoms with E-state index < -0.39 is 0 Å². The summed E-state index contributed by atoms with van der Waals surface area (Å²) in [5.74, 6) is 1.95. The summed E-state index contributed by atoms with van der Waals surface area (Å²) in [5, 5.41) is 0. The fourth-order valence-electron chi connectivity index (χ4n) is 2.42. The molecule has 0 bridgehead atoms. The summed E-state index contributed by atoms with van der Waals surface area (Å²) < 4.78 is 15.8. The number of ether oxygens (including phenoxy) is 3.